The average molecular weight is 310 g/mol. The Bertz CT molecular complexity index is 626. The largest absolute Gasteiger partial charge is 0.310 e. The number of benzene rings is 1. The molecule has 0 bridgehead atoms. The molecule has 4 heteroatoms. The summed E-state index contributed by atoms with van der Waals surface area (Å²) in [5, 5.41) is 8.25. The van der Waals surface area contributed by atoms with Crippen LogP contribution in [0.25, 0.3) is 0 Å². The second kappa shape index (κ2) is 6.85. The Morgan fingerprint density at radius 3 is 2.74 bits per heavy atom. The molecule has 4 nitrogen and oxygen atoms in total. The fourth-order valence-corrected chi connectivity index (χ4v) is 3.87. The smallest absolute Gasteiger partial charge is 0.0537 e. The Hall–Kier alpha value is -1.65. The van der Waals surface area contributed by atoms with Crippen LogP contribution in [0.2, 0.25) is 0 Å². The lowest BCUT2D eigenvalue weighted by molar-refractivity contribution is 0.190. The van der Waals surface area contributed by atoms with Crippen molar-refractivity contribution in [2.75, 3.05) is 13.1 Å². The van der Waals surface area contributed by atoms with Crippen LogP contribution in [0.4, 0.5) is 0 Å². The van der Waals surface area contributed by atoms with E-state index in [1.807, 2.05) is 0 Å². The molecule has 122 valence electrons. The van der Waals surface area contributed by atoms with Crippen molar-refractivity contribution in [1.29, 1.82) is 0 Å². The van der Waals surface area contributed by atoms with Gasteiger partial charge in [0, 0.05) is 36.9 Å². The van der Waals surface area contributed by atoms with Crippen molar-refractivity contribution in [3.8, 4) is 0 Å². The van der Waals surface area contributed by atoms with E-state index in [1.165, 1.54) is 55.6 Å². The zero-order valence-electron chi connectivity index (χ0n) is 13.7. The first kappa shape index (κ1) is 14.9. The third-order valence-electron chi connectivity index (χ3n) is 5.24. The van der Waals surface area contributed by atoms with Gasteiger partial charge in [-0.25, -0.2) is 0 Å². The Morgan fingerprint density at radius 1 is 1.09 bits per heavy atom. The second-order valence-electron chi connectivity index (χ2n) is 6.86. The number of nitrogens with zero attached hydrogens (tertiary/aromatic N) is 3. The van der Waals surface area contributed by atoms with Gasteiger partial charge in [-0.1, -0.05) is 30.3 Å². The Morgan fingerprint density at radius 2 is 1.91 bits per heavy atom. The number of nitrogens with one attached hydrogen (secondary N) is 1. The highest BCUT2D eigenvalue weighted by Crippen LogP contribution is 2.19. The fraction of sp³-hybridized carbons (Fsp3) is 0.526. The molecule has 1 aromatic carbocycles. The fourth-order valence-electron chi connectivity index (χ4n) is 3.87. The molecule has 1 aromatic heterocycles. The first-order valence-electron chi connectivity index (χ1n) is 8.92. The van der Waals surface area contributed by atoms with E-state index in [-0.39, 0.29) is 0 Å². The normalized spacial score (nSPS) is 19.1. The lowest BCUT2D eigenvalue weighted by atomic mass is 10.0. The zero-order valence-corrected chi connectivity index (χ0v) is 13.7. The lowest BCUT2D eigenvalue weighted by Crippen LogP contribution is -2.41. The first-order chi connectivity index (χ1) is 11.4. The van der Waals surface area contributed by atoms with Crippen LogP contribution in [0, 0.1) is 0 Å². The highest BCUT2D eigenvalue weighted by molar-refractivity contribution is 5.20. The van der Waals surface area contributed by atoms with Gasteiger partial charge in [0.25, 0.3) is 0 Å². The standard InChI is InChI=1S/C19H26N4/c1-2-5-16(6-3-1)15-22-11-8-18(9-12-22)20-13-17-14-21-23-10-4-7-19(17)23/h1-3,5-6,14,18,20H,4,7-13,15H2. The van der Waals surface area contributed by atoms with Crippen LogP contribution in [0.3, 0.4) is 0 Å². The molecule has 2 aromatic rings. The molecule has 1 N–H and O–H groups in total. The van der Waals surface area contributed by atoms with Crippen LogP contribution >= 0.6 is 0 Å². The molecule has 1 saturated heterocycles. The summed E-state index contributed by atoms with van der Waals surface area (Å²) in [4.78, 5) is 2.57. The summed E-state index contributed by atoms with van der Waals surface area (Å²) in [7, 11) is 0. The number of aryl methyl sites for hydroxylation is 1. The zero-order chi connectivity index (χ0) is 15.5. The van der Waals surface area contributed by atoms with Crippen molar-refractivity contribution in [2.24, 2.45) is 0 Å². The average Bonchev–Trinajstić information content (AvgIpc) is 3.19. The minimum Gasteiger partial charge on any atom is -0.310 e. The molecule has 3 heterocycles. The molecule has 4 rings (SSSR count). The van der Waals surface area contributed by atoms with Crippen LogP contribution in [-0.4, -0.2) is 33.8 Å². The van der Waals surface area contributed by atoms with E-state index in [2.05, 4.69) is 56.5 Å². The van der Waals surface area contributed by atoms with Crippen molar-refractivity contribution in [2.45, 2.75) is 51.4 Å². The van der Waals surface area contributed by atoms with E-state index >= 15 is 0 Å². The summed E-state index contributed by atoms with van der Waals surface area (Å²) < 4.78 is 2.18. The van der Waals surface area contributed by atoms with Gasteiger partial charge >= 0.3 is 0 Å². The van der Waals surface area contributed by atoms with E-state index in [9.17, 15) is 0 Å². The molecule has 0 radical (unpaired) electrons. The van der Waals surface area contributed by atoms with Gasteiger partial charge in [0.1, 0.15) is 0 Å². The summed E-state index contributed by atoms with van der Waals surface area (Å²) in [5.74, 6) is 0. The predicted molar refractivity (Wildman–Crippen MR) is 92.1 cm³/mol. The van der Waals surface area contributed by atoms with Crippen molar-refractivity contribution in [3.05, 3.63) is 53.3 Å². The van der Waals surface area contributed by atoms with Gasteiger partial charge in [0.2, 0.25) is 0 Å². The number of piperidine rings is 1. The number of hydrogen-bond donors (Lipinski definition) is 1. The van der Waals surface area contributed by atoms with Gasteiger partial charge in [0.05, 0.1) is 6.20 Å². The SMILES string of the molecule is c1ccc(CN2CCC(NCc3cnn4c3CCC4)CC2)cc1. The number of hydrogen-bond acceptors (Lipinski definition) is 3. The van der Waals surface area contributed by atoms with Crippen LogP contribution in [0.15, 0.2) is 36.5 Å². The molecule has 0 amide bonds. The molecule has 0 aliphatic carbocycles. The van der Waals surface area contributed by atoms with Crippen molar-refractivity contribution in [3.63, 3.8) is 0 Å². The van der Waals surface area contributed by atoms with E-state index in [4.69, 9.17) is 0 Å². The van der Waals surface area contributed by atoms with Crippen LogP contribution in [-0.2, 0) is 26.1 Å². The minimum absolute atomic E-state index is 0.652. The molecular formula is C19H26N4. The van der Waals surface area contributed by atoms with Crippen LogP contribution < -0.4 is 5.32 Å². The summed E-state index contributed by atoms with van der Waals surface area (Å²) in [6.07, 6.45) is 7.01. The third kappa shape index (κ3) is 3.48. The predicted octanol–water partition coefficient (Wildman–Crippen LogP) is 2.58. The van der Waals surface area contributed by atoms with Gasteiger partial charge < -0.3 is 5.32 Å². The molecule has 23 heavy (non-hydrogen) atoms. The molecule has 2 aliphatic rings. The quantitative estimate of drug-likeness (QED) is 0.921. The summed E-state index contributed by atoms with van der Waals surface area (Å²) in [6, 6.07) is 11.5. The van der Waals surface area contributed by atoms with Gasteiger partial charge in [0.15, 0.2) is 0 Å². The van der Waals surface area contributed by atoms with E-state index < -0.39 is 0 Å². The number of fused-ring (bicyclic) bond motifs is 1. The van der Waals surface area contributed by atoms with Gasteiger partial charge in [-0.3, -0.25) is 9.58 Å². The first-order valence-corrected chi connectivity index (χ1v) is 8.92. The van der Waals surface area contributed by atoms with Gasteiger partial charge in [-0.05, 0) is 44.3 Å². The molecule has 1 fully saturated rings. The highest BCUT2D eigenvalue weighted by Gasteiger charge is 2.20. The lowest BCUT2D eigenvalue weighted by Gasteiger charge is -2.32. The molecule has 0 saturated carbocycles. The van der Waals surface area contributed by atoms with Gasteiger partial charge in [-0.2, -0.15) is 5.10 Å². The van der Waals surface area contributed by atoms with Gasteiger partial charge in [-0.15, -0.1) is 0 Å². The maximum Gasteiger partial charge on any atom is 0.0537 e. The molecule has 2 aliphatic heterocycles. The minimum atomic E-state index is 0.652. The number of likely N-dealkylation sites (tertiary alicyclic amines) is 1. The Labute approximate surface area is 138 Å². The summed E-state index contributed by atoms with van der Waals surface area (Å²) in [5.41, 5.74) is 4.29. The maximum absolute atomic E-state index is 4.49. The van der Waals surface area contributed by atoms with Crippen molar-refractivity contribution >= 4 is 0 Å². The summed E-state index contributed by atoms with van der Waals surface area (Å²) >= 11 is 0. The molecule has 0 atom stereocenters. The van der Waals surface area contributed by atoms with Crippen LogP contribution in [0.1, 0.15) is 36.1 Å². The Kier molecular flexibility index (Phi) is 4.44. The monoisotopic (exact) mass is 310 g/mol. The van der Waals surface area contributed by atoms with E-state index in [1.54, 1.807) is 0 Å². The number of rotatable bonds is 5. The van der Waals surface area contributed by atoms with Crippen molar-refractivity contribution < 1.29 is 0 Å². The summed E-state index contributed by atoms with van der Waals surface area (Å²) in [6.45, 7) is 5.56. The second-order valence-corrected chi connectivity index (χ2v) is 6.86. The van der Waals surface area contributed by atoms with Crippen molar-refractivity contribution in [1.82, 2.24) is 20.0 Å². The highest BCUT2D eigenvalue weighted by atomic mass is 15.3. The van der Waals surface area contributed by atoms with E-state index in [0.29, 0.717) is 6.04 Å². The molecule has 0 unspecified atom stereocenters. The molecular weight excluding hydrogens is 284 g/mol. The maximum atomic E-state index is 4.49. The Balaban J connectivity index is 1.24. The third-order valence-corrected chi connectivity index (χ3v) is 5.24. The topological polar surface area (TPSA) is 33.1 Å². The van der Waals surface area contributed by atoms with E-state index in [0.717, 1.165) is 19.6 Å². The molecule has 0 spiro atoms. The number of aromatic nitrogens is 2. The van der Waals surface area contributed by atoms with Crippen LogP contribution in [0.5, 0.6) is 0 Å².